The maximum atomic E-state index is 13.8. The summed E-state index contributed by atoms with van der Waals surface area (Å²) in [6.07, 6.45) is -2.59. The minimum absolute atomic E-state index is 0.00632. The number of nitrogen functional groups attached to an aromatic ring is 1. The van der Waals surface area contributed by atoms with Crippen LogP contribution in [0.2, 0.25) is 0 Å². The van der Waals surface area contributed by atoms with Crippen molar-refractivity contribution in [1.82, 2.24) is 9.97 Å². The fourth-order valence-corrected chi connectivity index (χ4v) is 1.96. The molecule has 0 aliphatic rings. The monoisotopic (exact) mass is 323 g/mol. The van der Waals surface area contributed by atoms with Crippen LogP contribution in [0.1, 0.15) is 5.56 Å². The maximum absolute atomic E-state index is 13.8. The van der Waals surface area contributed by atoms with E-state index in [0.29, 0.717) is 6.20 Å². The lowest BCUT2D eigenvalue weighted by atomic mass is 10.2. The predicted octanol–water partition coefficient (Wildman–Crippen LogP) is 4.16. The Bertz CT molecular complexity index is 880. The zero-order chi connectivity index (χ0) is 16.6. The van der Waals surface area contributed by atoms with E-state index in [1.54, 1.807) is 0 Å². The van der Waals surface area contributed by atoms with Gasteiger partial charge in [0.05, 0.1) is 11.1 Å². The van der Waals surface area contributed by atoms with Crippen molar-refractivity contribution in [3.8, 4) is 11.5 Å². The summed E-state index contributed by atoms with van der Waals surface area (Å²) in [7, 11) is 0. The van der Waals surface area contributed by atoms with Gasteiger partial charge in [-0.05, 0) is 18.2 Å². The lowest BCUT2D eigenvalue weighted by Gasteiger charge is -2.11. The van der Waals surface area contributed by atoms with Crippen LogP contribution in [0.5, 0.6) is 11.5 Å². The second-order valence-electron chi connectivity index (χ2n) is 4.69. The van der Waals surface area contributed by atoms with Crippen LogP contribution in [-0.4, -0.2) is 9.97 Å². The van der Waals surface area contributed by atoms with Crippen LogP contribution in [0.4, 0.5) is 23.2 Å². The Morgan fingerprint density at radius 3 is 2.48 bits per heavy atom. The van der Waals surface area contributed by atoms with Crippen LogP contribution in [0.15, 0.2) is 42.7 Å². The summed E-state index contributed by atoms with van der Waals surface area (Å²) in [6.45, 7) is 0. The van der Waals surface area contributed by atoms with Crippen LogP contribution >= 0.6 is 0 Å². The average Bonchev–Trinajstić information content (AvgIpc) is 2.49. The molecule has 23 heavy (non-hydrogen) atoms. The highest BCUT2D eigenvalue weighted by molar-refractivity contribution is 5.81. The summed E-state index contributed by atoms with van der Waals surface area (Å²) >= 11 is 0. The number of anilines is 1. The van der Waals surface area contributed by atoms with Crippen LogP contribution < -0.4 is 10.5 Å². The Morgan fingerprint density at radius 2 is 1.78 bits per heavy atom. The molecule has 0 amide bonds. The second-order valence-corrected chi connectivity index (χ2v) is 4.69. The fraction of sp³-hybridized carbons (Fsp3) is 0.0667. The summed E-state index contributed by atoms with van der Waals surface area (Å²) < 4.78 is 57.2. The van der Waals surface area contributed by atoms with Crippen molar-refractivity contribution >= 4 is 16.7 Å². The third-order valence-electron chi connectivity index (χ3n) is 3.04. The van der Waals surface area contributed by atoms with Crippen molar-refractivity contribution in [2.45, 2.75) is 6.18 Å². The summed E-state index contributed by atoms with van der Waals surface area (Å²) in [6, 6.07) is 6.08. The number of hydrogen-bond donors (Lipinski definition) is 1. The third kappa shape index (κ3) is 3.01. The van der Waals surface area contributed by atoms with E-state index in [1.807, 2.05) is 0 Å². The molecule has 2 aromatic heterocycles. The topological polar surface area (TPSA) is 61.0 Å². The molecule has 0 spiro atoms. The van der Waals surface area contributed by atoms with Gasteiger partial charge in [-0.25, -0.2) is 4.39 Å². The molecule has 0 saturated heterocycles. The number of pyridine rings is 2. The number of fused-ring (bicyclic) bond motifs is 1. The predicted molar refractivity (Wildman–Crippen MR) is 75.4 cm³/mol. The van der Waals surface area contributed by atoms with E-state index in [-0.39, 0.29) is 28.2 Å². The SMILES string of the molecule is Nc1ccc(Oc2ccnc3cc(C(F)(F)F)cnc23)c(F)c1. The molecule has 0 unspecified atom stereocenters. The average molecular weight is 323 g/mol. The smallest absolute Gasteiger partial charge is 0.417 e. The molecule has 2 heterocycles. The first-order valence-corrected chi connectivity index (χ1v) is 6.39. The highest BCUT2D eigenvalue weighted by Gasteiger charge is 2.31. The standard InChI is InChI=1S/C15H9F4N3O/c16-10-6-9(20)1-2-12(10)23-13-3-4-21-11-5-8(15(17,18)19)7-22-14(11)13/h1-7H,20H2. The van der Waals surface area contributed by atoms with E-state index in [9.17, 15) is 17.6 Å². The van der Waals surface area contributed by atoms with Crippen molar-refractivity contribution in [2.75, 3.05) is 5.73 Å². The van der Waals surface area contributed by atoms with Crippen molar-refractivity contribution in [2.24, 2.45) is 0 Å². The number of alkyl halides is 3. The molecule has 118 valence electrons. The van der Waals surface area contributed by atoms with Crippen LogP contribution in [0.3, 0.4) is 0 Å². The third-order valence-corrected chi connectivity index (χ3v) is 3.04. The van der Waals surface area contributed by atoms with Crippen molar-refractivity contribution in [3.05, 3.63) is 54.1 Å². The fourth-order valence-electron chi connectivity index (χ4n) is 1.96. The highest BCUT2D eigenvalue weighted by Crippen LogP contribution is 2.33. The first-order chi connectivity index (χ1) is 10.8. The highest BCUT2D eigenvalue weighted by atomic mass is 19.4. The van der Waals surface area contributed by atoms with E-state index in [2.05, 4.69) is 9.97 Å². The first kappa shape index (κ1) is 15.0. The Morgan fingerprint density at radius 1 is 1.00 bits per heavy atom. The Hall–Kier alpha value is -2.90. The Kier molecular flexibility index (Phi) is 3.51. The zero-order valence-electron chi connectivity index (χ0n) is 11.4. The molecule has 3 aromatic rings. The largest absolute Gasteiger partial charge is 0.452 e. The van der Waals surface area contributed by atoms with Gasteiger partial charge < -0.3 is 10.5 Å². The number of ether oxygens (including phenoxy) is 1. The lowest BCUT2D eigenvalue weighted by Crippen LogP contribution is -2.05. The molecule has 0 saturated carbocycles. The van der Waals surface area contributed by atoms with Gasteiger partial charge in [-0.3, -0.25) is 9.97 Å². The van der Waals surface area contributed by atoms with E-state index in [1.165, 1.54) is 24.4 Å². The van der Waals surface area contributed by atoms with E-state index in [4.69, 9.17) is 10.5 Å². The Balaban J connectivity index is 2.04. The van der Waals surface area contributed by atoms with Gasteiger partial charge in [0.25, 0.3) is 0 Å². The number of benzene rings is 1. The number of nitrogens with two attached hydrogens (primary N) is 1. The van der Waals surface area contributed by atoms with Gasteiger partial charge in [0.1, 0.15) is 5.52 Å². The zero-order valence-corrected chi connectivity index (χ0v) is 11.4. The van der Waals surface area contributed by atoms with E-state index >= 15 is 0 Å². The van der Waals surface area contributed by atoms with Gasteiger partial charge in [0, 0.05) is 30.2 Å². The number of nitrogens with zero attached hydrogens (tertiary/aromatic N) is 2. The number of aromatic nitrogens is 2. The minimum atomic E-state index is -4.53. The lowest BCUT2D eigenvalue weighted by molar-refractivity contribution is -0.137. The molecule has 0 atom stereocenters. The molecule has 0 bridgehead atoms. The normalized spacial score (nSPS) is 11.7. The molecule has 4 nitrogen and oxygen atoms in total. The molecule has 0 aliphatic heterocycles. The number of rotatable bonds is 2. The summed E-state index contributed by atoms with van der Waals surface area (Å²) in [4.78, 5) is 7.57. The summed E-state index contributed by atoms with van der Waals surface area (Å²) in [5, 5.41) is 0. The summed E-state index contributed by atoms with van der Waals surface area (Å²) in [5.41, 5.74) is 4.83. The van der Waals surface area contributed by atoms with Gasteiger partial charge in [-0.1, -0.05) is 0 Å². The van der Waals surface area contributed by atoms with Gasteiger partial charge in [-0.2, -0.15) is 13.2 Å². The molecule has 1 aromatic carbocycles. The van der Waals surface area contributed by atoms with Gasteiger partial charge in [-0.15, -0.1) is 0 Å². The van der Waals surface area contributed by atoms with Gasteiger partial charge in [0.2, 0.25) is 0 Å². The molecule has 8 heteroatoms. The molecule has 2 N–H and O–H groups in total. The van der Waals surface area contributed by atoms with Crippen LogP contribution in [-0.2, 0) is 6.18 Å². The minimum Gasteiger partial charge on any atom is -0.452 e. The molecule has 0 aliphatic carbocycles. The van der Waals surface area contributed by atoms with E-state index in [0.717, 1.165) is 12.1 Å². The number of halogens is 4. The van der Waals surface area contributed by atoms with Crippen LogP contribution in [0.25, 0.3) is 11.0 Å². The molecule has 3 rings (SSSR count). The van der Waals surface area contributed by atoms with E-state index < -0.39 is 17.6 Å². The second kappa shape index (κ2) is 5.38. The number of hydrogen-bond acceptors (Lipinski definition) is 4. The van der Waals surface area contributed by atoms with Crippen molar-refractivity contribution < 1.29 is 22.3 Å². The molecule has 0 fully saturated rings. The van der Waals surface area contributed by atoms with Crippen molar-refractivity contribution in [1.29, 1.82) is 0 Å². The molecular weight excluding hydrogens is 314 g/mol. The Labute approximate surface area is 127 Å². The molecule has 0 radical (unpaired) electrons. The quantitative estimate of drug-likeness (QED) is 0.568. The van der Waals surface area contributed by atoms with Gasteiger partial charge in [0.15, 0.2) is 17.3 Å². The first-order valence-electron chi connectivity index (χ1n) is 6.39. The molecular formula is C15H9F4N3O. The van der Waals surface area contributed by atoms with Gasteiger partial charge >= 0.3 is 6.18 Å². The maximum Gasteiger partial charge on any atom is 0.417 e. The van der Waals surface area contributed by atoms with Crippen LogP contribution in [0, 0.1) is 5.82 Å². The van der Waals surface area contributed by atoms with Crippen molar-refractivity contribution in [3.63, 3.8) is 0 Å². The summed E-state index contributed by atoms with van der Waals surface area (Å²) in [5.74, 6) is -0.720.